The van der Waals surface area contributed by atoms with E-state index < -0.39 is 5.82 Å². The second-order valence-electron chi connectivity index (χ2n) is 5.48. The number of thioether (sulfide) groups is 1. The van der Waals surface area contributed by atoms with Crippen LogP contribution in [0.4, 0.5) is 10.1 Å². The lowest BCUT2D eigenvalue weighted by Gasteiger charge is -2.11. The molecular weight excluding hydrogens is 353 g/mol. The number of nitrogens with one attached hydrogen (secondary N) is 1. The van der Waals surface area contributed by atoms with Crippen molar-refractivity contribution in [3.63, 3.8) is 0 Å². The van der Waals surface area contributed by atoms with Gasteiger partial charge in [-0.1, -0.05) is 18.2 Å². The number of fused-ring (bicyclic) bond motifs is 1. The van der Waals surface area contributed by atoms with Gasteiger partial charge >= 0.3 is 0 Å². The van der Waals surface area contributed by atoms with E-state index in [2.05, 4.69) is 16.9 Å². The van der Waals surface area contributed by atoms with E-state index in [0.29, 0.717) is 5.69 Å². The van der Waals surface area contributed by atoms with Crippen LogP contribution in [0.1, 0.15) is 0 Å². The second kappa shape index (κ2) is 7.97. The third kappa shape index (κ3) is 4.00. The molecule has 2 aromatic carbocycles. The standard InChI is InChI=1S/C19H16FN3O2S/c1-2-9-26-17-6-4-3-5-15(17)22-18(24)11-23-12-21-16-10-13(20)7-8-14(16)19(23)25/h2-8,10,12H,1,9,11H2,(H,22,24). The van der Waals surface area contributed by atoms with E-state index in [0.717, 1.165) is 10.6 Å². The highest BCUT2D eigenvalue weighted by Crippen LogP contribution is 2.26. The molecule has 5 nitrogen and oxygen atoms in total. The summed E-state index contributed by atoms with van der Waals surface area (Å²) in [5.41, 5.74) is 0.547. The van der Waals surface area contributed by atoms with Crippen LogP contribution in [0, 0.1) is 5.82 Å². The lowest BCUT2D eigenvalue weighted by Crippen LogP contribution is -2.28. The van der Waals surface area contributed by atoms with Crippen molar-refractivity contribution in [2.45, 2.75) is 11.4 Å². The Hall–Kier alpha value is -2.93. The summed E-state index contributed by atoms with van der Waals surface area (Å²) in [5.74, 6) is -0.0899. The number of para-hydroxylation sites is 1. The molecule has 0 saturated carbocycles. The number of hydrogen-bond donors (Lipinski definition) is 1. The predicted molar refractivity (Wildman–Crippen MR) is 102 cm³/mol. The zero-order chi connectivity index (χ0) is 18.5. The Bertz CT molecular complexity index is 1030. The molecule has 3 aromatic rings. The van der Waals surface area contributed by atoms with E-state index in [-0.39, 0.29) is 28.9 Å². The third-order valence-electron chi connectivity index (χ3n) is 3.62. The van der Waals surface area contributed by atoms with Gasteiger partial charge in [0.05, 0.1) is 22.9 Å². The molecule has 0 aliphatic heterocycles. The van der Waals surface area contributed by atoms with Gasteiger partial charge < -0.3 is 5.32 Å². The van der Waals surface area contributed by atoms with Gasteiger partial charge in [-0.05, 0) is 24.3 Å². The third-order valence-corrected chi connectivity index (χ3v) is 4.69. The summed E-state index contributed by atoms with van der Waals surface area (Å²) in [4.78, 5) is 29.8. The summed E-state index contributed by atoms with van der Waals surface area (Å²) in [7, 11) is 0. The molecule has 0 fully saturated rings. The molecule has 0 unspecified atom stereocenters. The van der Waals surface area contributed by atoms with E-state index in [1.54, 1.807) is 23.9 Å². The van der Waals surface area contributed by atoms with Crippen molar-refractivity contribution in [1.29, 1.82) is 0 Å². The highest BCUT2D eigenvalue weighted by atomic mass is 32.2. The van der Waals surface area contributed by atoms with E-state index in [4.69, 9.17) is 0 Å². The Morgan fingerprint density at radius 2 is 2.12 bits per heavy atom. The molecule has 0 bridgehead atoms. The van der Waals surface area contributed by atoms with Crippen LogP contribution in [0.5, 0.6) is 0 Å². The van der Waals surface area contributed by atoms with Crippen LogP contribution in [-0.4, -0.2) is 21.2 Å². The van der Waals surface area contributed by atoms with Crippen LogP contribution in [0.15, 0.2) is 71.1 Å². The fourth-order valence-corrected chi connectivity index (χ4v) is 3.18. The van der Waals surface area contributed by atoms with Crippen LogP contribution in [0.25, 0.3) is 10.9 Å². The fourth-order valence-electron chi connectivity index (χ4n) is 2.43. The number of anilines is 1. The van der Waals surface area contributed by atoms with E-state index in [9.17, 15) is 14.0 Å². The maximum atomic E-state index is 13.2. The van der Waals surface area contributed by atoms with Gasteiger partial charge in [0.15, 0.2) is 0 Å². The molecule has 1 amide bonds. The zero-order valence-corrected chi connectivity index (χ0v) is 14.6. The molecule has 26 heavy (non-hydrogen) atoms. The van der Waals surface area contributed by atoms with Crippen molar-refractivity contribution in [1.82, 2.24) is 9.55 Å². The summed E-state index contributed by atoms with van der Waals surface area (Å²) in [6, 6.07) is 11.2. The molecule has 1 N–H and O–H groups in total. The molecule has 7 heteroatoms. The summed E-state index contributed by atoms with van der Waals surface area (Å²) in [6.45, 7) is 3.50. The van der Waals surface area contributed by atoms with Crippen molar-refractivity contribution in [2.75, 3.05) is 11.1 Å². The molecule has 3 rings (SSSR count). The van der Waals surface area contributed by atoms with Gasteiger partial charge in [-0.3, -0.25) is 14.2 Å². The topological polar surface area (TPSA) is 64.0 Å². The summed E-state index contributed by atoms with van der Waals surface area (Å²) in [6.07, 6.45) is 3.04. The Balaban J connectivity index is 1.80. The summed E-state index contributed by atoms with van der Waals surface area (Å²) >= 11 is 1.55. The van der Waals surface area contributed by atoms with Gasteiger partial charge in [-0.2, -0.15) is 0 Å². The Labute approximate surface area is 153 Å². The van der Waals surface area contributed by atoms with Gasteiger partial charge in [0, 0.05) is 16.7 Å². The average Bonchev–Trinajstić information content (AvgIpc) is 2.63. The minimum Gasteiger partial charge on any atom is -0.324 e. The van der Waals surface area contributed by atoms with Crippen LogP contribution in [-0.2, 0) is 11.3 Å². The SMILES string of the molecule is C=CCSc1ccccc1NC(=O)Cn1cnc2cc(F)ccc2c1=O. The van der Waals surface area contributed by atoms with E-state index >= 15 is 0 Å². The van der Waals surface area contributed by atoms with Crippen LogP contribution >= 0.6 is 11.8 Å². The highest BCUT2D eigenvalue weighted by molar-refractivity contribution is 7.99. The Morgan fingerprint density at radius 3 is 2.92 bits per heavy atom. The van der Waals surface area contributed by atoms with Crippen molar-refractivity contribution in [3.8, 4) is 0 Å². The zero-order valence-electron chi connectivity index (χ0n) is 13.8. The molecule has 0 saturated heterocycles. The number of benzene rings is 2. The number of nitrogens with zero attached hydrogens (tertiary/aromatic N) is 2. The number of carbonyl (C=O) groups excluding carboxylic acids is 1. The molecule has 0 aliphatic rings. The molecule has 1 heterocycles. The van der Waals surface area contributed by atoms with Crippen molar-refractivity contribution >= 4 is 34.3 Å². The number of rotatable bonds is 6. The smallest absolute Gasteiger partial charge is 0.261 e. The van der Waals surface area contributed by atoms with Gasteiger partial charge in [0.1, 0.15) is 12.4 Å². The Morgan fingerprint density at radius 1 is 1.31 bits per heavy atom. The van der Waals surface area contributed by atoms with Gasteiger partial charge in [-0.25, -0.2) is 9.37 Å². The number of carbonyl (C=O) groups is 1. The molecular formula is C19H16FN3O2S. The van der Waals surface area contributed by atoms with Crippen molar-refractivity contribution in [2.24, 2.45) is 0 Å². The minimum atomic E-state index is -0.464. The molecule has 1 aromatic heterocycles. The van der Waals surface area contributed by atoms with Crippen LogP contribution < -0.4 is 10.9 Å². The van der Waals surface area contributed by atoms with E-state index in [1.807, 2.05) is 18.2 Å². The van der Waals surface area contributed by atoms with E-state index in [1.165, 1.54) is 29.1 Å². The van der Waals surface area contributed by atoms with Gasteiger partial charge in [0.25, 0.3) is 5.56 Å². The monoisotopic (exact) mass is 369 g/mol. The van der Waals surface area contributed by atoms with Crippen LogP contribution in [0.2, 0.25) is 0 Å². The average molecular weight is 369 g/mol. The summed E-state index contributed by atoms with van der Waals surface area (Å²) < 4.78 is 14.4. The molecule has 0 aliphatic carbocycles. The maximum Gasteiger partial charge on any atom is 0.261 e. The normalized spacial score (nSPS) is 10.7. The molecule has 0 radical (unpaired) electrons. The van der Waals surface area contributed by atoms with Crippen molar-refractivity contribution < 1.29 is 9.18 Å². The first kappa shape index (κ1) is 17.9. The molecule has 132 valence electrons. The highest BCUT2D eigenvalue weighted by Gasteiger charge is 2.11. The number of aromatic nitrogens is 2. The largest absolute Gasteiger partial charge is 0.324 e. The predicted octanol–water partition coefficient (Wildman–Crippen LogP) is 3.45. The first-order chi connectivity index (χ1) is 12.6. The lowest BCUT2D eigenvalue weighted by atomic mass is 10.2. The summed E-state index contributed by atoms with van der Waals surface area (Å²) in [5, 5.41) is 3.08. The number of halogens is 1. The quantitative estimate of drug-likeness (QED) is 0.534. The maximum absolute atomic E-state index is 13.2. The molecule has 0 spiro atoms. The van der Waals surface area contributed by atoms with Crippen molar-refractivity contribution in [3.05, 3.63) is 77.6 Å². The first-order valence-corrected chi connectivity index (χ1v) is 8.84. The first-order valence-electron chi connectivity index (χ1n) is 7.86. The number of amides is 1. The Kier molecular flexibility index (Phi) is 5.48. The van der Waals surface area contributed by atoms with Gasteiger partial charge in [0.2, 0.25) is 5.91 Å². The number of hydrogen-bond acceptors (Lipinski definition) is 4. The second-order valence-corrected chi connectivity index (χ2v) is 6.54. The lowest BCUT2D eigenvalue weighted by molar-refractivity contribution is -0.116. The molecule has 0 atom stereocenters. The van der Waals surface area contributed by atoms with Gasteiger partial charge in [-0.15, -0.1) is 18.3 Å². The fraction of sp³-hybridized carbons (Fsp3) is 0.105. The minimum absolute atomic E-state index is 0.181. The van der Waals surface area contributed by atoms with Crippen LogP contribution in [0.3, 0.4) is 0 Å².